The van der Waals surface area contributed by atoms with Crippen LogP contribution in [0.25, 0.3) is 12.2 Å². The molecule has 0 aliphatic heterocycles. The number of rotatable bonds is 3. The third-order valence-electron chi connectivity index (χ3n) is 2.43. The second kappa shape index (κ2) is 4.68. The van der Waals surface area contributed by atoms with Crippen LogP contribution in [0, 0.1) is 0 Å². The van der Waals surface area contributed by atoms with Gasteiger partial charge in [0.15, 0.2) is 0 Å². The third kappa shape index (κ3) is 2.32. The lowest BCUT2D eigenvalue weighted by Gasteiger charge is -1.97. The highest BCUT2D eigenvalue weighted by molar-refractivity contribution is 5.72. The monoisotopic (exact) mass is 214 g/mol. The van der Waals surface area contributed by atoms with E-state index in [-0.39, 0.29) is 5.75 Å². The lowest BCUT2D eigenvalue weighted by Crippen LogP contribution is -1.94. The van der Waals surface area contributed by atoms with Crippen molar-refractivity contribution >= 4 is 12.2 Å². The molecule has 0 atom stereocenters. The van der Waals surface area contributed by atoms with Crippen LogP contribution in [0.5, 0.6) is 5.75 Å². The van der Waals surface area contributed by atoms with Crippen LogP contribution in [0.4, 0.5) is 0 Å². The van der Waals surface area contributed by atoms with E-state index in [9.17, 15) is 5.11 Å². The topological polar surface area (TPSA) is 62.0 Å². The second-order valence-corrected chi connectivity index (χ2v) is 3.57. The molecule has 0 saturated heterocycles. The van der Waals surface area contributed by atoms with Gasteiger partial charge in [-0.3, -0.25) is 0 Å². The lowest BCUT2D eigenvalue weighted by molar-refractivity contribution is 0.475. The van der Waals surface area contributed by atoms with Crippen LogP contribution >= 0.6 is 0 Å². The van der Waals surface area contributed by atoms with Crippen molar-refractivity contribution in [1.82, 2.24) is 4.98 Å². The zero-order valence-corrected chi connectivity index (χ0v) is 8.85. The largest absolute Gasteiger partial charge is 0.506 e. The minimum absolute atomic E-state index is 0.259. The standard InChI is InChI=1S/C13H14N2O/c14-7-11-3-1-10(2-4-11)5-6-12-8-15-9-13(12)16/h1-6,8-9,15-16H,7,14H2. The number of aromatic hydroxyl groups is 1. The molecule has 2 rings (SSSR count). The zero-order valence-electron chi connectivity index (χ0n) is 8.85. The Hall–Kier alpha value is -2.00. The van der Waals surface area contributed by atoms with Gasteiger partial charge in [0.05, 0.1) is 0 Å². The van der Waals surface area contributed by atoms with Crippen LogP contribution in [-0.2, 0) is 6.54 Å². The summed E-state index contributed by atoms with van der Waals surface area (Å²) < 4.78 is 0. The van der Waals surface area contributed by atoms with Gasteiger partial charge < -0.3 is 15.8 Å². The van der Waals surface area contributed by atoms with E-state index in [0.29, 0.717) is 6.54 Å². The fraction of sp³-hybridized carbons (Fsp3) is 0.0769. The summed E-state index contributed by atoms with van der Waals surface area (Å²) in [5, 5.41) is 9.41. The molecule has 3 nitrogen and oxygen atoms in total. The minimum atomic E-state index is 0.259. The molecular formula is C13H14N2O. The van der Waals surface area contributed by atoms with Crippen molar-refractivity contribution in [2.45, 2.75) is 6.54 Å². The van der Waals surface area contributed by atoms with Crippen molar-refractivity contribution in [2.75, 3.05) is 0 Å². The van der Waals surface area contributed by atoms with Crippen LogP contribution in [0.1, 0.15) is 16.7 Å². The van der Waals surface area contributed by atoms with Gasteiger partial charge in [-0.25, -0.2) is 0 Å². The summed E-state index contributed by atoms with van der Waals surface area (Å²) in [5.74, 6) is 0.259. The van der Waals surface area contributed by atoms with Gasteiger partial charge in [0, 0.05) is 24.5 Å². The first-order chi connectivity index (χ1) is 7.79. The minimum Gasteiger partial charge on any atom is -0.506 e. The van der Waals surface area contributed by atoms with E-state index in [0.717, 1.165) is 16.7 Å². The summed E-state index contributed by atoms with van der Waals surface area (Å²) in [6.07, 6.45) is 7.11. The first-order valence-corrected chi connectivity index (χ1v) is 5.12. The van der Waals surface area contributed by atoms with Gasteiger partial charge in [0.2, 0.25) is 0 Å². The van der Waals surface area contributed by atoms with E-state index < -0.39 is 0 Å². The number of nitrogens with two attached hydrogens (primary N) is 1. The Morgan fingerprint density at radius 3 is 2.44 bits per heavy atom. The van der Waals surface area contributed by atoms with E-state index in [2.05, 4.69) is 4.98 Å². The third-order valence-corrected chi connectivity index (χ3v) is 2.43. The second-order valence-electron chi connectivity index (χ2n) is 3.57. The highest BCUT2D eigenvalue weighted by atomic mass is 16.3. The average Bonchev–Trinajstić information content (AvgIpc) is 2.73. The number of aromatic nitrogens is 1. The molecule has 0 spiro atoms. The number of hydrogen-bond donors (Lipinski definition) is 3. The molecule has 0 amide bonds. The van der Waals surface area contributed by atoms with Crippen molar-refractivity contribution in [2.24, 2.45) is 5.73 Å². The molecule has 0 bridgehead atoms. The average molecular weight is 214 g/mol. The zero-order chi connectivity index (χ0) is 11.4. The van der Waals surface area contributed by atoms with Crippen LogP contribution in [0.2, 0.25) is 0 Å². The maximum Gasteiger partial charge on any atom is 0.140 e. The summed E-state index contributed by atoms with van der Waals surface area (Å²) in [6, 6.07) is 8.00. The van der Waals surface area contributed by atoms with E-state index >= 15 is 0 Å². The number of H-pyrrole nitrogens is 1. The van der Waals surface area contributed by atoms with Gasteiger partial charge in [-0.2, -0.15) is 0 Å². The van der Waals surface area contributed by atoms with Crippen LogP contribution in [-0.4, -0.2) is 10.1 Å². The molecule has 0 fully saturated rings. The van der Waals surface area contributed by atoms with Crippen molar-refractivity contribution < 1.29 is 5.11 Å². The molecule has 1 aromatic carbocycles. The quantitative estimate of drug-likeness (QED) is 0.734. The van der Waals surface area contributed by atoms with Gasteiger partial charge in [-0.1, -0.05) is 30.3 Å². The predicted octanol–water partition coefficient (Wildman–Crippen LogP) is 2.35. The van der Waals surface area contributed by atoms with Crippen LogP contribution < -0.4 is 5.73 Å². The van der Waals surface area contributed by atoms with Gasteiger partial charge in [-0.05, 0) is 17.2 Å². The molecule has 0 saturated carbocycles. The number of benzene rings is 1. The van der Waals surface area contributed by atoms with Crippen LogP contribution in [0.3, 0.4) is 0 Å². The van der Waals surface area contributed by atoms with Gasteiger partial charge in [0.25, 0.3) is 0 Å². The Bertz CT molecular complexity index is 483. The van der Waals surface area contributed by atoms with Gasteiger partial charge in [0.1, 0.15) is 5.75 Å². The summed E-state index contributed by atoms with van der Waals surface area (Å²) in [7, 11) is 0. The SMILES string of the molecule is NCc1ccc(C=Cc2c[nH]cc2O)cc1. The summed E-state index contributed by atoms with van der Waals surface area (Å²) >= 11 is 0. The molecule has 1 aromatic heterocycles. The molecule has 2 aromatic rings. The maximum atomic E-state index is 9.41. The van der Waals surface area contributed by atoms with E-state index in [4.69, 9.17) is 5.73 Å². The molecule has 82 valence electrons. The molecule has 3 heteroatoms. The number of hydrogen-bond acceptors (Lipinski definition) is 2. The first kappa shape index (κ1) is 10.5. The highest BCUT2D eigenvalue weighted by Crippen LogP contribution is 2.18. The molecule has 1 heterocycles. The van der Waals surface area contributed by atoms with Crippen LogP contribution in [0.15, 0.2) is 36.7 Å². The van der Waals surface area contributed by atoms with Crippen molar-refractivity contribution in [3.63, 3.8) is 0 Å². The molecule has 16 heavy (non-hydrogen) atoms. The van der Waals surface area contributed by atoms with Gasteiger partial charge >= 0.3 is 0 Å². The predicted molar refractivity (Wildman–Crippen MR) is 65.7 cm³/mol. The summed E-state index contributed by atoms with van der Waals surface area (Å²) in [5.41, 5.74) is 8.49. The molecule has 4 N–H and O–H groups in total. The smallest absolute Gasteiger partial charge is 0.140 e. The Kier molecular flexibility index (Phi) is 3.08. The maximum absolute atomic E-state index is 9.41. The normalized spacial score (nSPS) is 11.1. The van der Waals surface area contributed by atoms with E-state index in [1.54, 1.807) is 12.4 Å². The molecule has 0 aliphatic rings. The first-order valence-electron chi connectivity index (χ1n) is 5.12. The van der Waals surface area contributed by atoms with Gasteiger partial charge in [-0.15, -0.1) is 0 Å². The molecule has 0 radical (unpaired) electrons. The number of nitrogens with one attached hydrogen (secondary N) is 1. The molecule has 0 unspecified atom stereocenters. The van der Waals surface area contributed by atoms with Crippen molar-refractivity contribution in [1.29, 1.82) is 0 Å². The molecular weight excluding hydrogens is 200 g/mol. The Morgan fingerprint density at radius 1 is 1.12 bits per heavy atom. The van der Waals surface area contributed by atoms with Crippen molar-refractivity contribution in [3.05, 3.63) is 53.3 Å². The Morgan fingerprint density at radius 2 is 1.88 bits per heavy atom. The Labute approximate surface area is 94.2 Å². The number of aromatic amines is 1. The van der Waals surface area contributed by atoms with E-state index in [1.165, 1.54) is 0 Å². The molecule has 0 aliphatic carbocycles. The fourth-order valence-corrected chi connectivity index (χ4v) is 1.45. The lowest BCUT2D eigenvalue weighted by atomic mass is 10.1. The van der Waals surface area contributed by atoms with Crippen molar-refractivity contribution in [3.8, 4) is 5.75 Å². The highest BCUT2D eigenvalue weighted by Gasteiger charge is 1.96. The Balaban J connectivity index is 2.14. The summed E-state index contributed by atoms with van der Waals surface area (Å²) in [6.45, 7) is 0.558. The summed E-state index contributed by atoms with van der Waals surface area (Å²) in [4.78, 5) is 2.83. The van der Waals surface area contributed by atoms with E-state index in [1.807, 2.05) is 36.4 Å². The fourth-order valence-electron chi connectivity index (χ4n) is 1.45.